The second-order valence-electron chi connectivity index (χ2n) is 4.65. The Morgan fingerprint density at radius 2 is 2.22 bits per heavy atom. The number of rotatable bonds is 2. The van der Waals surface area contributed by atoms with Crippen molar-refractivity contribution in [3.05, 3.63) is 28.8 Å². The lowest BCUT2D eigenvalue weighted by molar-refractivity contribution is 0.255. The van der Waals surface area contributed by atoms with Crippen LogP contribution < -0.4 is 4.90 Å². The molecule has 1 aliphatic rings. The van der Waals surface area contributed by atoms with Gasteiger partial charge in [-0.05, 0) is 31.0 Å². The topological polar surface area (TPSA) is 47.3 Å². The van der Waals surface area contributed by atoms with E-state index < -0.39 is 0 Å². The Kier molecular flexibility index (Phi) is 4.46. The molecule has 0 spiro atoms. The minimum atomic E-state index is 0.112. The Morgan fingerprint density at radius 1 is 1.39 bits per heavy atom. The average Bonchev–Trinajstić information content (AvgIpc) is 2.63. The lowest BCUT2D eigenvalue weighted by atomic mass is 10.1. The monoisotopic (exact) mass is 264 g/mol. The molecule has 1 aromatic rings. The molecule has 1 unspecified atom stereocenters. The van der Waals surface area contributed by atoms with E-state index in [4.69, 9.17) is 11.6 Å². The van der Waals surface area contributed by atoms with Gasteiger partial charge in [0.2, 0.25) is 0 Å². The fourth-order valence-electron chi connectivity index (χ4n) is 2.53. The highest BCUT2D eigenvalue weighted by Gasteiger charge is 2.22. The molecule has 1 N–H and O–H groups in total. The third-order valence-corrected chi connectivity index (χ3v) is 3.71. The lowest BCUT2D eigenvalue weighted by Crippen LogP contribution is -2.38. The van der Waals surface area contributed by atoms with E-state index in [1.54, 1.807) is 12.1 Å². The van der Waals surface area contributed by atoms with Crippen molar-refractivity contribution in [3.8, 4) is 6.07 Å². The zero-order valence-electron chi connectivity index (χ0n) is 10.3. The maximum Gasteiger partial charge on any atom is 0.101 e. The molecule has 18 heavy (non-hydrogen) atoms. The highest BCUT2D eigenvalue weighted by molar-refractivity contribution is 6.30. The molecule has 1 aliphatic heterocycles. The first-order valence-corrected chi connectivity index (χ1v) is 6.71. The fourth-order valence-corrected chi connectivity index (χ4v) is 2.70. The standard InChI is InChI=1S/C14H17ClN2O/c15-12-5-6-14(11(8-12)9-16)17-7-3-1-2-4-13(17)10-18/h5-6,8,13,18H,1-4,7,10H2. The average molecular weight is 265 g/mol. The normalized spacial score (nSPS) is 20.3. The first-order chi connectivity index (χ1) is 8.76. The number of benzene rings is 1. The second kappa shape index (κ2) is 6.08. The lowest BCUT2D eigenvalue weighted by Gasteiger charge is -2.31. The highest BCUT2D eigenvalue weighted by atomic mass is 35.5. The van der Waals surface area contributed by atoms with Crippen LogP contribution in [-0.4, -0.2) is 24.3 Å². The molecule has 1 aromatic carbocycles. The first-order valence-electron chi connectivity index (χ1n) is 6.33. The van der Waals surface area contributed by atoms with Crippen molar-refractivity contribution in [2.75, 3.05) is 18.1 Å². The van der Waals surface area contributed by atoms with Crippen LogP contribution in [0.5, 0.6) is 0 Å². The van der Waals surface area contributed by atoms with Gasteiger partial charge in [0, 0.05) is 11.6 Å². The number of hydrogen-bond acceptors (Lipinski definition) is 3. The van der Waals surface area contributed by atoms with E-state index in [-0.39, 0.29) is 12.6 Å². The second-order valence-corrected chi connectivity index (χ2v) is 5.09. The molecule has 4 heteroatoms. The summed E-state index contributed by atoms with van der Waals surface area (Å²) < 4.78 is 0. The molecule has 3 nitrogen and oxygen atoms in total. The largest absolute Gasteiger partial charge is 0.394 e. The van der Waals surface area contributed by atoms with Gasteiger partial charge in [-0.15, -0.1) is 0 Å². The summed E-state index contributed by atoms with van der Waals surface area (Å²) >= 11 is 5.92. The fraction of sp³-hybridized carbons (Fsp3) is 0.500. The minimum absolute atomic E-state index is 0.112. The molecule has 0 aromatic heterocycles. The molecule has 0 saturated carbocycles. The van der Waals surface area contributed by atoms with Gasteiger partial charge in [0.15, 0.2) is 0 Å². The molecule has 1 fully saturated rings. The van der Waals surface area contributed by atoms with E-state index in [9.17, 15) is 10.4 Å². The van der Waals surface area contributed by atoms with Crippen LogP contribution in [0.1, 0.15) is 31.2 Å². The Morgan fingerprint density at radius 3 is 2.94 bits per heavy atom. The zero-order chi connectivity index (χ0) is 13.0. The molecular weight excluding hydrogens is 248 g/mol. The number of aliphatic hydroxyl groups is 1. The van der Waals surface area contributed by atoms with Crippen molar-refractivity contribution in [3.63, 3.8) is 0 Å². The molecule has 2 rings (SSSR count). The van der Waals surface area contributed by atoms with Gasteiger partial charge in [-0.2, -0.15) is 5.26 Å². The van der Waals surface area contributed by atoms with Crippen LogP contribution in [0.3, 0.4) is 0 Å². The van der Waals surface area contributed by atoms with Gasteiger partial charge in [-0.25, -0.2) is 0 Å². The van der Waals surface area contributed by atoms with Gasteiger partial charge in [0.25, 0.3) is 0 Å². The van der Waals surface area contributed by atoms with Gasteiger partial charge in [0.1, 0.15) is 6.07 Å². The zero-order valence-corrected chi connectivity index (χ0v) is 11.0. The Bertz CT molecular complexity index is 456. The molecule has 0 bridgehead atoms. The summed E-state index contributed by atoms with van der Waals surface area (Å²) in [5.74, 6) is 0. The van der Waals surface area contributed by atoms with Crippen molar-refractivity contribution in [1.82, 2.24) is 0 Å². The van der Waals surface area contributed by atoms with Crippen LogP contribution in [0.25, 0.3) is 0 Å². The maximum atomic E-state index is 9.52. The number of anilines is 1. The summed E-state index contributed by atoms with van der Waals surface area (Å²) in [5, 5.41) is 19.3. The van der Waals surface area contributed by atoms with Gasteiger partial charge in [-0.1, -0.05) is 24.4 Å². The van der Waals surface area contributed by atoms with E-state index in [2.05, 4.69) is 11.0 Å². The number of nitriles is 1. The Hall–Kier alpha value is -1.24. The number of aliphatic hydroxyl groups excluding tert-OH is 1. The summed E-state index contributed by atoms with van der Waals surface area (Å²) in [6, 6.07) is 7.68. The predicted molar refractivity (Wildman–Crippen MR) is 72.9 cm³/mol. The van der Waals surface area contributed by atoms with Gasteiger partial charge in [0.05, 0.1) is 23.9 Å². The van der Waals surface area contributed by atoms with E-state index >= 15 is 0 Å². The van der Waals surface area contributed by atoms with Crippen LogP contribution in [0, 0.1) is 11.3 Å². The van der Waals surface area contributed by atoms with Crippen molar-refractivity contribution in [1.29, 1.82) is 5.26 Å². The molecule has 96 valence electrons. The van der Waals surface area contributed by atoms with Crippen molar-refractivity contribution in [2.45, 2.75) is 31.7 Å². The molecule has 0 aliphatic carbocycles. The van der Waals surface area contributed by atoms with E-state index in [1.165, 1.54) is 6.42 Å². The summed E-state index contributed by atoms with van der Waals surface area (Å²) in [6.45, 7) is 1.02. The van der Waals surface area contributed by atoms with Crippen LogP contribution in [0.15, 0.2) is 18.2 Å². The van der Waals surface area contributed by atoms with Gasteiger partial charge >= 0.3 is 0 Å². The maximum absolute atomic E-state index is 9.52. The summed E-state index contributed by atoms with van der Waals surface area (Å²) in [6.07, 6.45) is 4.40. The third-order valence-electron chi connectivity index (χ3n) is 3.48. The predicted octanol–water partition coefficient (Wildman–Crippen LogP) is 2.95. The SMILES string of the molecule is N#Cc1cc(Cl)ccc1N1CCCCCC1CO. The van der Waals surface area contributed by atoms with Crippen molar-refractivity contribution < 1.29 is 5.11 Å². The van der Waals surface area contributed by atoms with Crippen molar-refractivity contribution in [2.24, 2.45) is 0 Å². The summed E-state index contributed by atoms with van der Waals surface area (Å²) in [4.78, 5) is 2.15. The van der Waals surface area contributed by atoms with Gasteiger partial charge < -0.3 is 10.0 Å². The third kappa shape index (κ3) is 2.77. The molecule has 0 radical (unpaired) electrons. The van der Waals surface area contributed by atoms with Crippen LogP contribution in [0.2, 0.25) is 5.02 Å². The van der Waals surface area contributed by atoms with Gasteiger partial charge in [-0.3, -0.25) is 0 Å². The molecular formula is C14H17ClN2O. The molecule has 1 atom stereocenters. The van der Waals surface area contributed by atoms with Crippen molar-refractivity contribution >= 4 is 17.3 Å². The number of nitrogens with zero attached hydrogens (tertiary/aromatic N) is 2. The first kappa shape index (κ1) is 13.2. The van der Waals surface area contributed by atoms with E-state index in [0.717, 1.165) is 31.5 Å². The van der Waals surface area contributed by atoms with Crippen LogP contribution in [0.4, 0.5) is 5.69 Å². The Balaban J connectivity index is 2.36. The van der Waals surface area contributed by atoms with E-state index in [1.807, 2.05) is 6.07 Å². The molecule has 1 saturated heterocycles. The molecule has 0 amide bonds. The minimum Gasteiger partial charge on any atom is -0.394 e. The summed E-state index contributed by atoms with van der Waals surface area (Å²) in [7, 11) is 0. The smallest absolute Gasteiger partial charge is 0.101 e. The quantitative estimate of drug-likeness (QED) is 0.893. The number of hydrogen-bond donors (Lipinski definition) is 1. The highest BCUT2D eigenvalue weighted by Crippen LogP contribution is 2.29. The van der Waals surface area contributed by atoms with E-state index in [0.29, 0.717) is 10.6 Å². The molecule has 1 heterocycles. The van der Waals surface area contributed by atoms with Crippen LogP contribution in [-0.2, 0) is 0 Å². The summed E-state index contributed by atoms with van der Waals surface area (Å²) in [5.41, 5.74) is 1.48. The number of halogens is 1. The Labute approximate surface area is 113 Å². The van der Waals surface area contributed by atoms with Crippen LogP contribution >= 0.6 is 11.6 Å².